The van der Waals surface area contributed by atoms with Crippen molar-refractivity contribution in [2.24, 2.45) is 11.5 Å². The van der Waals surface area contributed by atoms with Crippen molar-refractivity contribution >= 4 is 52.3 Å². The van der Waals surface area contributed by atoms with Crippen molar-refractivity contribution in [1.29, 1.82) is 0 Å². The Morgan fingerprint density at radius 2 is 1.45 bits per heavy atom. The van der Waals surface area contributed by atoms with Crippen LogP contribution in [-0.2, 0) is 36.8 Å². The van der Waals surface area contributed by atoms with Gasteiger partial charge in [-0.2, -0.15) is 11.8 Å². The molecule has 2 aromatic carbocycles. The summed E-state index contributed by atoms with van der Waals surface area (Å²) >= 11 is 1.54. The van der Waals surface area contributed by atoms with E-state index in [9.17, 15) is 29.1 Å². The first-order chi connectivity index (χ1) is 20.1. The lowest BCUT2D eigenvalue weighted by Crippen LogP contribution is -2.58. The number of primary amides is 1. The third-order valence-corrected chi connectivity index (χ3v) is 7.28. The number of carboxylic acid groups (broad SMARTS) is 1. The van der Waals surface area contributed by atoms with E-state index < -0.39 is 60.2 Å². The van der Waals surface area contributed by atoms with Gasteiger partial charge in [0.05, 0.1) is 12.5 Å². The second kappa shape index (κ2) is 15.6. The van der Waals surface area contributed by atoms with Gasteiger partial charge in [0.25, 0.3) is 0 Å². The molecular formula is C29H36N6O6S. The molecule has 0 spiro atoms. The van der Waals surface area contributed by atoms with Crippen LogP contribution in [0.2, 0.25) is 0 Å². The third kappa shape index (κ3) is 9.35. The predicted molar refractivity (Wildman–Crippen MR) is 160 cm³/mol. The maximum Gasteiger partial charge on any atom is 0.326 e. The smallest absolute Gasteiger partial charge is 0.326 e. The van der Waals surface area contributed by atoms with Crippen LogP contribution in [0.5, 0.6) is 0 Å². The van der Waals surface area contributed by atoms with Crippen molar-refractivity contribution in [2.75, 3.05) is 12.0 Å². The number of hydrogen-bond donors (Lipinski definition) is 7. The van der Waals surface area contributed by atoms with Crippen molar-refractivity contribution in [3.63, 3.8) is 0 Å². The molecule has 0 saturated carbocycles. The molecule has 3 rings (SSSR count). The molecule has 1 heterocycles. The number of rotatable bonds is 16. The number of aromatic nitrogens is 1. The van der Waals surface area contributed by atoms with E-state index >= 15 is 0 Å². The maximum atomic E-state index is 13.7. The van der Waals surface area contributed by atoms with Gasteiger partial charge in [0.15, 0.2) is 0 Å². The van der Waals surface area contributed by atoms with Crippen molar-refractivity contribution in [2.45, 2.75) is 49.9 Å². The van der Waals surface area contributed by atoms with Crippen LogP contribution in [0.3, 0.4) is 0 Å². The minimum Gasteiger partial charge on any atom is -0.480 e. The number of carbonyl (C=O) groups is 5. The molecule has 12 nitrogen and oxygen atoms in total. The van der Waals surface area contributed by atoms with Crippen LogP contribution in [-0.4, -0.2) is 75.9 Å². The highest BCUT2D eigenvalue weighted by Crippen LogP contribution is 2.19. The highest BCUT2D eigenvalue weighted by molar-refractivity contribution is 7.98. The lowest BCUT2D eigenvalue weighted by Gasteiger charge is -2.25. The van der Waals surface area contributed by atoms with Crippen molar-refractivity contribution in [3.8, 4) is 0 Å². The fourth-order valence-electron chi connectivity index (χ4n) is 4.39. The normalized spacial score (nSPS) is 13.9. The Balaban J connectivity index is 1.88. The van der Waals surface area contributed by atoms with Gasteiger partial charge in [-0.3, -0.25) is 19.2 Å². The van der Waals surface area contributed by atoms with Crippen molar-refractivity contribution < 1.29 is 29.1 Å². The van der Waals surface area contributed by atoms with Crippen LogP contribution < -0.4 is 27.4 Å². The maximum absolute atomic E-state index is 13.7. The van der Waals surface area contributed by atoms with E-state index in [0.717, 1.165) is 16.5 Å². The summed E-state index contributed by atoms with van der Waals surface area (Å²) in [7, 11) is 0. The molecule has 13 heteroatoms. The highest BCUT2D eigenvalue weighted by atomic mass is 32.2. The molecule has 1 aromatic heterocycles. The van der Waals surface area contributed by atoms with Crippen LogP contribution in [0, 0.1) is 0 Å². The molecule has 4 amide bonds. The molecule has 0 bridgehead atoms. The summed E-state index contributed by atoms with van der Waals surface area (Å²) in [6, 6.07) is 11.5. The van der Waals surface area contributed by atoms with E-state index in [-0.39, 0.29) is 12.8 Å². The largest absolute Gasteiger partial charge is 0.480 e. The van der Waals surface area contributed by atoms with E-state index in [1.54, 1.807) is 48.3 Å². The Bertz CT molecular complexity index is 1400. The van der Waals surface area contributed by atoms with Gasteiger partial charge in [-0.15, -0.1) is 0 Å². The molecular weight excluding hydrogens is 560 g/mol. The minimum atomic E-state index is -1.58. The number of carbonyl (C=O) groups excluding carboxylic acids is 4. The fraction of sp³-hybridized carbons (Fsp3) is 0.345. The molecule has 224 valence electrons. The summed E-state index contributed by atoms with van der Waals surface area (Å²) in [6.07, 6.45) is 3.54. The van der Waals surface area contributed by atoms with Crippen LogP contribution in [0.25, 0.3) is 10.9 Å². The molecule has 0 saturated heterocycles. The number of nitrogens with two attached hydrogens (primary N) is 2. The van der Waals surface area contributed by atoms with E-state index in [1.165, 1.54) is 0 Å². The number of para-hydroxylation sites is 1. The standard InChI is InChI=1S/C29H36N6O6S/c1-42-12-11-20(30)26(37)33-23(14-18-16-32-21-10-6-5-9-19(18)21)28(39)34-22(13-17-7-3-2-4-8-17)27(38)35-24(29(40)41)15-25(31)36/h2-10,16,20,22-24,32H,11-15,30H2,1H3,(H2,31,36)(H,33,37)(H,34,39)(H,35,38)(H,40,41). The van der Waals surface area contributed by atoms with Crippen LogP contribution in [0.15, 0.2) is 60.8 Å². The van der Waals surface area contributed by atoms with E-state index in [4.69, 9.17) is 11.5 Å². The van der Waals surface area contributed by atoms with Gasteiger partial charge < -0.3 is 37.5 Å². The number of aliphatic carboxylic acids is 1. The summed E-state index contributed by atoms with van der Waals surface area (Å²) < 4.78 is 0. The molecule has 0 aliphatic heterocycles. The lowest BCUT2D eigenvalue weighted by molar-refractivity contribution is -0.143. The molecule has 0 aliphatic rings. The number of carboxylic acids is 1. The predicted octanol–water partition coefficient (Wildman–Crippen LogP) is 0.448. The summed E-state index contributed by atoms with van der Waals surface area (Å²) in [6.45, 7) is 0. The van der Waals surface area contributed by atoms with Gasteiger partial charge in [-0.1, -0.05) is 48.5 Å². The SMILES string of the molecule is CSCCC(N)C(=O)NC(Cc1c[nH]c2ccccc12)C(=O)NC(Cc1ccccc1)C(=O)NC(CC(N)=O)C(=O)O. The number of aromatic amines is 1. The average Bonchev–Trinajstić information content (AvgIpc) is 3.37. The van der Waals surface area contributed by atoms with Crippen molar-refractivity contribution in [1.82, 2.24) is 20.9 Å². The Morgan fingerprint density at radius 1 is 0.857 bits per heavy atom. The second-order valence-corrected chi connectivity index (χ2v) is 10.8. The summed E-state index contributed by atoms with van der Waals surface area (Å²) in [4.78, 5) is 66.2. The number of fused-ring (bicyclic) bond motifs is 1. The molecule has 0 aliphatic carbocycles. The zero-order valence-corrected chi connectivity index (χ0v) is 24.0. The monoisotopic (exact) mass is 596 g/mol. The molecule has 0 radical (unpaired) electrons. The number of amides is 4. The van der Waals surface area contributed by atoms with Gasteiger partial charge >= 0.3 is 5.97 Å². The molecule has 4 atom stereocenters. The summed E-state index contributed by atoms with van der Waals surface area (Å²) in [5, 5.41) is 18.1. The van der Waals surface area contributed by atoms with E-state index in [1.807, 2.05) is 30.5 Å². The zero-order chi connectivity index (χ0) is 30.6. The van der Waals surface area contributed by atoms with Crippen LogP contribution in [0.4, 0.5) is 0 Å². The summed E-state index contributed by atoms with van der Waals surface area (Å²) in [5.74, 6) is -3.71. The molecule has 4 unspecified atom stereocenters. The van der Waals surface area contributed by atoms with Gasteiger partial charge in [0.1, 0.15) is 18.1 Å². The Labute approximate surface area is 247 Å². The Kier molecular flexibility index (Phi) is 11.9. The highest BCUT2D eigenvalue weighted by Gasteiger charge is 2.31. The Morgan fingerprint density at radius 3 is 2.10 bits per heavy atom. The quantitative estimate of drug-likeness (QED) is 0.123. The van der Waals surface area contributed by atoms with Gasteiger partial charge in [-0.25, -0.2) is 4.79 Å². The molecule has 9 N–H and O–H groups in total. The van der Waals surface area contributed by atoms with E-state index in [0.29, 0.717) is 17.7 Å². The fourth-order valence-corrected chi connectivity index (χ4v) is 4.88. The number of thioether (sulfide) groups is 1. The van der Waals surface area contributed by atoms with Gasteiger partial charge in [-0.05, 0) is 35.6 Å². The van der Waals surface area contributed by atoms with Gasteiger partial charge in [0.2, 0.25) is 23.6 Å². The number of benzene rings is 2. The first-order valence-corrected chi connectivity index (χ1v) is 14.7. The van der Waals surface area contributed by atoms with E-state index in [2.05, 4.69) is 20.9 Å². The lowest BCUT2D eigenvalue weighted by atomic mass is 10.0. The minimum absolute atomic E-state index is 0.0162. The first-order valence-electron chi connectivity index (χ1n) is 13.3. The van der Waals surface area contributed by atoms with Crippen LogP contribution >= 0.6 is 11.8 Å². The number of H-pyrrole nitrogens is 1. The summed E-state index contributed by atoms with van der Waals surface area (Å²) in [5.41, 5.74) is 13.5. The second-order valence-electron chi connectivity index (χ2n) is 9.83. The van der Waals surface area contributed by atoms with Gasteiger partial charge in [0, 0.05) is 29.9 Å². The molecule has 3 aromatic rings. The molecule has 0 fully saturated rings. The topological polar surface area (TPSA) is 209 Å². The molecule has 42 heavy (non-hydrogen) atoms. The Hall–Kier alpha value is -4.36. The average molecular weight is 597 g/mol. The van der Waals surface area contributed by atoms with Crippen molar-refractivity contribution in [3.05, 3.63) is 71.9 Å². The number of nitrogens with one attached hydrogen (secondary N) is 4. The number of hydrogen-bond acceptors (Lipinski definition) is 7. The van der Waals surface area contributed by atoms with Crippen LogP contribution in [0.1, 0.15) is 24.0 Å². The third-order valence-electron chi connectivity index (χ3n) is 6.64. The zero-order valence-electron chi connectivity index (χ0n) is 23.2. The first kappa shape index (κ1) is 32.2.